The molecule has 34 heavy (non-hydrogen) atoms. The van der Waals surface area contributed by atoms with Gasteiger partial charge in [-0.3, -0.25) is 4.90 Å². The molecule has 9 nitrogen and oxygen atoms in total. The van der Waals surface area contributed by atoms with E-state index in [1.807, 2.05) is 12.2 Å². The molecule has 4 N–H and O–H groups in total. The second kappa shape index (κ2) is 11.9. The summed E-state index contributed by atoms with van der Waals surface area (Å²) in [6, 6.07) is 2.89. The summed E-state index contributed by atoms with van der Waals surface area (Å²) in [6.45, 7) is 3.06. The number of fused-ring (bicyclic) bond motifs is 1. The summed E-state index contributed by atoms with van der Waals surface area (Å²) in [4.78, 5) is 30.7. The summed E-state index contributed by atoms with van der Waals surface area (Å²) in [5, 5.41) is 18.8. The maximum atomic E-state index is 12.8. The zero-order chi connectivity index (χ0) is 23.8. The molecule has 0 saturated heterocycles. The molecular weight excluding hydrogens is 434 g/mol. The molecule has 0 unspecified atom stereocenters. The van der Waals surface area contributed by atoms with Gasteiger partial charge in [0.1, 0.15) is 17.7 Å². The Labute approximate surface area is 200 Å². The van der Waals surface area contributed by atoms with Gasteiger partial charge in [0, 0.05) is 45.0 Å². The minimum Gasteiger partial charge on any atom is -0.480 e. The van der Waals surface area contributed by atoms with E-state index in [0.717, 1.165) is 80.9 Å². The molecule has 1 atom stereocenters. The van der Waals surface area contributed by atoms with Crippen LogP contribution in [0.25, 0.3) is 0 Å². The first-order valence-corrected chi connectivity index (χ1v) is 12.4. The molecule has 0 bridgehead atoms. The minimum absolute atomic E-state index is 0.224. The number of pyridine rings is 1. The smallest absolute Gasteiger partial charge is 0.326 e. The molecule has 0 saturated carbocycles. The summed E-state index contributed by atoms with van der Waals surface area (Å²) in [6.07, 6.45) is 11.1. The predicted octanol–water partition coefficient (Wildman–Crippen LogP) is 2.80. The number of carbonyl (C=O) groups excluding carboxylic acids is 1. The number of allylic oxidation sites excluding steroid dienone is 2. The number of aryl methyl sites for hydroxylation is 2. The van der Waals surface area contributed by atoms with E-state index in [1.54, 1.807) is 4.90 Å². The summed E-state index contributed by atoms with van der Waals surface area (Å²) < 4.78 is 5.66. The third kappa shape index (κ3) is 6.28. The summed E-state index contributed by atoms with van der Waals surface area (Å²) in [7, 11) is 0. The molecule has 1 aromatic heterocycles. The van der Waals surface area contributed by atoms with E-state index in [-0.39, 0.29) is 13.0 Å². The van der Waals surface area contributed by atoms with E-state index in [0.29, 0.717) is 13.2 Å². The summed E-state index contributed by atoms with van der Waals surface area (Å²) in [5.74, 6) is 0.757. The number of nitrogens with one attached hydrogen (secondary N) is 3. The molecule has 3 aliphatic heterocycles. The third-order valence-corrected chi connectivity index (χ3v) is 6.41. The van der Waals surface area contributed by atoms with Crippen molar-refractivity contribution >= 4 is 17.8 Å². The van der Waals surface area contributed by atoms with Crippen LogP contribution in [0.2, 0.25) is 0 Å². The van der Waals surface area contributed by atoms with Gasteiger partial charge < -0.3 is 25.8 Å². The molecule has 0 fully saturated rings. The van der Waals surface area contributed by atoms with Crippen molar-refractivity contribution in [1.82, 2.24) is 20.5 Å². The number of carbonyl (C=O) groups is 2. The topological polar surface area (TPSA) is 116 Å². The van der Waals surface area contributed by atoms with Gasteiger partial charge in [-0.2, -0.15) is 0 Å². The quantitative estimate of drug-likeness (QED) is 0.390. The molecule has 184 valence electrons. The maximum absolute atomic E-state index is 12.8. The number of ether oxygens (including phenoxy) is 1. The first-order chi connectivity index (χ1) is 16.6. The van der Waals surface area contributed by atoms with Crippen LogP contribution < -0.4 is 16.0 Å². The highest BCUT2D eigenvalue weighted by molar-refractivity contribution is 5.83. The van der Waals surface area contributed by atoms with Crippen LogP contribution in [0.3, 0.4) is 0 Å². The van der Waals surface area contributed by atoms with Crippen LogP contribution in [0.1, 0.15) is 49.8 Å². The molecule has 4 rings (SSSR count). The van der Waals surface area contributed by atoms with Crippen molar-refractivity contribution < 1.29 is 19.4 Å². The second-order valence-electron chi connectivity index (χ2n) is 8.96. The van der Waals surface area contributed by atoms with E-state index < -0.39 is 18.0 Å². The van der Waals surface area contributed by atoms with Gasteiger partial charge in [-0.05, 0) is 62.1 Å². The molecule has 0 spiro atoms. The number of amides is 2. The van der Waals surface area contributed by atoms with Crippen LogP contribution in [0, 0.1) is 0 Å². The van der Waals surface area contributed by atoms with Gasteiger partial charge in [0.25, 0.3) is 0 Å². The Kier molecular flexibility index (Phi) is 8.41. The highest BCUT2D eigenvalue weighted by atomic mass is 16.5. The van der Waals surface area contributed by atoms with Crippen molar-refractivity contribution in [3.05, 3.63) is 46.9 Å². The Morgan fingerprint density at radius 3 is 2.88 bits per heavy atom. The van der Waals surface area contributed by atoms with E-state index >= 15 is 0 Å². The zero-order valence-corrected chi connectivity index (χ0v) is 19.6. The lowest BCUT2D eigenvalue weighted by atomic mass is 10.0. The Bertz CT molecular complexity index is 945. The van der Waals surface area contributed by atoms with E-state index in [2.05, 4.69) is 28.1 Å². The molecular formula is C25H35N5O4. The first kappa shape index (κ1) is 24.1. The van der Waals surface area contributed by atoms with Gasteiger partial charge >= 0.3 is 12.0 Å². The number of rotatable bonds is 10. The van der Waals surface area contributed by atoms with Gasteiger partial charge in [-0.15, -0.1) is 0 Å². The molecule has 1 aromatic rings. The molecule has 3 aliphatic rings. The lowest BCUT2D eigenvalue weighted by Gasteiger charge is -2.33. The van der Waals surface area contributed by atoms with Crippen LogP contribution in [0.4, 0.5) is 10.6 Å². The van der Waals surface area contributed by atoms with Gasteiger partial charge in [-0.1, -0.05) is 18.2 Å². The van der Waals surface area contributed by atoms with Gasteiger partial charge in [0.15, 0.2) is 0 Å². The Balaban J connectivity index is 1.15. The molecule has 2 amide bonds. The first-order valence-electron chi connectivity index (χ1n) is 12.4. The average Bonchev–Trinajstić information content (AvgIpc) is 2.86. The lowest BCUT2D eigenvalue weighted by Crippen LogP contribution is -2.51. The number of urea groups is 1. The van der Waals surface area contributed by atoms with E-state index in [1.165, 1.54) is 5.56 Å². The molecule has 4 heterocycles. The number of aromatic nitrogens is 1. The minimum atomic E-state index is -1.05. The summed E-state index contributed by atoms with van der Waals surface area (Å²) in [5.41, 5.74) is 3.46. The number of anilines is 1. The largest absolute Gasteiger partial charge is 0.480 e. The molecule has 0 radical (unpaired) electrons. The highest BCUT2D eigenvalue weighted by Gasteiger charge is 2.28. The number of nitrogens with zero attached hydrogens (tertiary/aromatic N) is 2. The number of unbranched alkanes of at least 4 members (excludes halogenated alkanes) is 1. The Hall–Kier alpha value is -3.07. The molecule has 0 aliphatic carbocycles. The number of aliphatic carboxylic acids is 1. The number of hydrogen-bond donors (Lipinski definition) is 4. The van der Waals surface area contributed by atoms with Crippen molar-refractivity contribution in [2.24, 2.45) is 0 Å². The van der Waals surface area contributed by atoms with Gasteiger partial charge in [0.05, 0.1) is 0 Å². The van der Waals surface area contributed by atoms with Crippen LogP contribution in [0.15, 0.2) is 35.7 Å². The molecule has 9 heteroatoms. The molecule has 0 aromatic carbocycles. The number of carboxylic acid groups (broad SMARTS) is 1. The van der Waals surface area contributed by atoms with Crippen molar-refractivity contribution in [1.29, 1.82) is 0 Å². The lowest BCUT2D eigenvalue weighted by molar-refractivity contribution is -0.139. The second-order valence-corrected chi connectivity index (χ2v) is 8.96. The normalized spacial score (nSPS) is 17.8. The fourth-order valence-electron chi connectivity index (χ4n) is 4.53. The number of carboxylic acids is 1. The zero-order valence-electron chi connectivity index (χ0n) is 19.6. The van der Waals surface area contributed by atoms with Crippen molar-refractivity contribution in [3.8, 4) is 0 Å². The Morgan fingerprint density at radius 2 is 2.00 bits per heavy atom. The summed E-state index contributed by atoms with van der Waals surface area (Å²) >= 11 is 0. The fourth-order valence-corrected chi connectivity index (χ4v) is 4.53. The monoisotopic (exact) mass is 469 g/mol. The average molecular weight is 470 g/mol. The van der Waals surface area contributed by atoms with Crippen molar-refractivity contribution in [3.63, 3.8) is 0 Å². The SMILES string of the molecule is O=C(O)[C@H](CCOCCCCc1ccc2c(n1)NCCC2)NC(=O)N1CC=CC2=C1NCCC2. The highest BCUT2D eigenvalue weighted by Crippen LogP contribution is 2.23. The van der Waals surface area contributed by atoms with Crippen molar-refractivity contribution in [2.45, 2.75) is 57.4 Å². The van der Waals surface area contributed by atoms with Gasteiger partial charge in [-0.25, -0.2) is 14.6 Å². The van der Waals surface area contributed by atoms with Crippen LogP contribution in [-0.4, -0.2) is 65.9 Å². The Morgan fingerprint density at radius 1 is 1.15 bits per heavy atom. The standard InChI is InChI=1S/C25H35N5O4/c31-24(32)21(29-25(33)30-15-5-8-19-7-4-14-27-23(19)30)12-17-34-16-2-1-9-20-11-10-18-6-3-13-26-22(18)28-20/h5,8,10-11,21,27H,1-4,6-7,9,12-17H2,(H,26,28)(H,29,33)(H,31,32)/t21-/m0/s1. The predicted molar refractivity (Wildman–Crippen MR) is 129 cm³/mol. The third-order valence-electron chi connectivity index (χ3n) is 6.41. The maximum Gasteiger partial charge on any atom is 0.326 e. The van der Waals surface area contributed by atoms with E-state index in [9.17, 15) is 14.7 Å². The van der Waals surface area contributed by atoms with E-state index in [4.69, 9.17) is 9.72 Å². The fraction of sp³-hybridized carbons (Fsp3) is 0.560. The van der Waals surface area contributed by atoms with Gasteiger partial charge in [0.2, 0.25) is 0 Å². The van der Waals surface area contributed by atoms with Crippen LogP contribution in [-0.2, 0) is 22.4 Å². The van der Waals surface area contributed by atoms with Crippen LogP contribution >= 0.6 is 0 Å². The number of hydrogen-bond acceptors (Lipinski definition) is 6. The van der Waals surface area contributed by atoms with Crippen LogP contribution in [0.5, 0.6) is 0 Å². The van der Waals surface area contributed by atoms with Crippen molar-refractivity contribution in [2.75, 3.05) is 38.2 Å².